The van der Waals surface area contributed by atoms with Crippen molar-refractivity contribution < 1.29 is 0 Å². The van der Waals surface area contributed by atoms with E-state index < -0.39 is 0 Å². The minimum absolute atomic E-state index is 0.679. The molecule has 0 fully saturated rings. The molecule has 0 aliphatic carbocycles. The maximum absolute atomic E-state index is 4.45. The van der Waals surface area contributed by atoms with E-state index in [9.17, 15) is 0 Å². The zero-order chi connectivity index (χ0) is 15.4. The van der Waals surface area contributed by atoms with Gasteiger partial charge in [0.15, 0.2) is 0 Å². The number of rotatable bonds is 5. The Balaban J connectivity index is 2.31. The fourth-order valence-electron chi connectivity index (χ4n) is 2.40. The van der Waals surface area contributed by atoms with Crippen LogP contribution in [0.2, 0.25) is 0 Å². The molecule has 0 saturated heterocycles. The topological polar surface area (TPSA) is 49.8 Å². The molecule has 1 heterocycles. The van der Waals surface area contributed by atoms with Crippen LogP contribution < -0.4 is 10.6 Å². The van der Waals surface area contributed by atoms with Gasteiger partial charge in [-0.05, 0) is 38.8 Å². The molecule has 0 aliphatic heterocycles. The number of benzene rings is 1. The van der Waals surface area contributed by atoms with Crippen molar-refractivity contribution in [3.63, 3.8) is 0 Å². The summed E-state index contributed by atoms with van der Waals surface area (Å²) in [5.74, 6) is 2.32. The summed E-state index contributed by atoms with van der Waals surface area (Å²) in [7, 11) is 0. The van der Waals surface area contributed by atoms with Crippen molar-refractivity contribution in [2.45, 2.75) is 27.7 Å². The molecule has 4 heteroatoms. The molecule has 4 nitrogen and oxygen atoms in total. The molecule has 0 amide bonds. The maximum atomic E-state index is 4.45. The van der Waals surface area contributed by atoms with Crippen molar-refractivity contribution in [3.8, 4) is 0 Å². The van der Waals surface area contributed by atoms with Gasteiger partial charge in [0, 0.05) is 18.3 Å². The monoisotopic (exact) mass is 282 g/mol. The lowest BCUT2D eigenvalue weighted by atomic mass is 10.1. The Morgan fingerprint density at radius 1 is 1.00 bits per heavy atom. The third-order valence-corrected chi connectivity index (χ3v) is 3.20. The van der Waals surface area contributed by atoms with Crippen molar-refractivity contribution in [2.75, 3.05) is 17.2 Å². The van der Waals surface area contributed by atoms with Gasteiger partial charge < -0.3 is 10.6 Å². The fraction of sp³-hybridized carbons (Fsp3) is 0.294. The molecule has 1 aromatic heterocycles. The van der Waals surface area contributed by atoms with Crippen LogP contribution in [-0.4, -0.2) is 16.5 Å². The summed E-state index contributed by atoms with van der Waals surface area (Å²) < 4.78 is 0. The van der Waals surface area contributed by atoms with Gasteiger partial charge in [-0.2, -0.15) is 0 Å². The Hall–Kier alpha value is -2.36. The van der Waals surface area contributed by atoms with Crippen LogP contribution in [0.1, 0.15) is 22.5 Å². The molecule has 0 radical (unpaired) electrons. The van der Waals surface area contributed by atoms with E-state index in [-0.39, 0.29) is 0 Å². The van der Waals surface area contributed by atoms with E-state index >= 15 is 0 Å². The third-order valence-electron chi connectivity index (χ3n) is 3.20. The SMILES string of the molecule is C=CCNc1cc(Nc2c(C)cc(C)cc2C)nc(C)n1. The van der Waals surface area contributed by atoms with E-state index in [4.69, 9.17) is 0 Å². The lowest BCUT2D eigenvalue weighted by Crippen LogP contribution is -2.05. The van der Waals surface area contributed by atoms with Crippen molar-refractivity contribution in [3.05, 3.63) is 53.4 Å². The molecule has 21 heavy (non-hydrogen) atoms. The van der Waals surface area contributed by atoms with E-state index in [0.717, 1.165) is 23.1 Å². The first-order valence-electron chi connectivity index (χ1n) is 7.05. The summed E-state index contributed by atoms with van der Waals surface area (Å²) in [5.41, 5.74) is 4.80. The van der Waals surface area contributed by atoms with E-state index in [2.05, 4.69) is 60.1 Å². The Kier molecular flexibility index (Phi) is 4.58. The van der Waals surface area contributed by atoms with Crippen LogP contribution in [0.5, 0.6) is 0 Å². The molecule has 0 aliphatic rings. The minimum Gasteiger partial charge on any atom is -0.366 e. The van der Waals surface area contributed by atoms with E-state index in [1.807, 2.05) is 13.0 Å². The summed E-state index contributed by atoms with van der Waals surface area (Å²) in [6.07, 6.45) is 1.80. The maximum Gasteiger partial charge on any atom is 0.136 e. The highest BCUT2D eigenvalue weighted by molar-refractivity contribution is 5.66. The highest BCUT2D eigenvalue weighted by Crippen LogP contribution is 2.25. The summed E-state index contributed by atoms with van der Waals surface area (Å²) in [6, 6.07) is 6.25. The number of anilines is 3. The first-order valence-corrected chi connectivity index (χ1v) is 7.05. The molecule has 2 rings (SSSR count). The molecular weight excluding hydrogens is 260 g/mol. The first kappa shape index (κ1) is 15.0. The van der Waals surface area contributed by atoms with Crippen LogP contribution >= 0.6 is 0 Å². The predicted octanol–water partition coefficient (Wildman–Crippen LogP) is 4.05. The van der Waals surface area contributed by atoms with Gasteiger partial charge in [-0.1, -0.05) is 23.8 Å². The molecule has 0 spiro atoms. The van der Waals surface area contributed by atoms with Gasteiger partial charge in [0.05, 0.1) is 0 Å². The Labute approximate surface area is 126 Å². The van der Waals surface area contributed by atoms with Crippen LogP contribution in [-0.2, 0) is 0 Å². The Bertz CT molecular complexity index is 639. The zero-order valence-corrected chi connectivity index (χ0v) is 13.1. The average Bonchev–Trinajstić information content (AvgIpc) is 2.40. The molecule has 2 aromatic rings. The normalized spacial score (nSPS) is 10.3. The first-order chi connectivity index (χ1) is 9.99. The van der Waals surface area contributed by atoms with Gasteiger partial charge in [0.25, 0.3) is 0 Å². The van der Waals surface area contributed by atoms with Crippen LogP contribution in [0.15, 0.2) is 30.9 Å². The summed E-state index contributed by atoms with van der Waals surface area (Å²) in [4.78, 5) is 8.82. The number of aryl methyl sites for hydroxylation is 4. The molecule has 110 valence electrons. The average molecular weight is 282 g/mol. The fourth-order valence-corrected chi connectivity index (χ4v) is 2.40. The second-order valence-corrected chi connectivity index (χ2v) is 5.25. The van der Waals surface area contributed by atoms with Gasteiger partial charge >= 0.3 is 0 Å². The predicted molar refractivity (Wildman–Crippen MR) is 89.4 cm³/mol. The quantitative estimate of drug-likeness (QED) is 0.812. The minimum atomic E-state index is 0.679. The Morgan fingerprint density at radius 2 is 1.62 bits per heavy atom. The van der Waals surface area contributed by atoms with Crippen LogP contribution in [0.4, 0.5) is 17.3 Å². The standard InChI is InChI=1S/C17H22N4/c1-6-7-18-15-10-16(20-14(5)19-15)21-17-12(3)8-11(2)9-13(17)4/h6,8-10H,1,7H2,2-5H3,(H2,18,19,20,21). The van der Waals surface area contributed by atoms with E-state index in [1.165, 1.54) is 16.7 Å². The number of nitrogens with zero attached hydrogens (tertiary/aromatic N) is 2. The highest BCUT2D eigenvalue weighted by Gasteiger charge is 2.07. The van der Waals surface area contributed by atoms with Crippen molar-refractivity contribution >= 4 is 17.3 Å². The second kappa shape index (κ2) is 6.39. The van der Waals surface area contributed by atoms with Crippen LogP contribution in [0.25, 0.3) is 0 Å². The van der Waals surface area contributed by atoms with Crippen molar-refractivity contribution in [1.82, 2.24) is 9.97 Å². The van der Waals surface area contributed by atoms with Crippen molar-refractivity contribution in [2.24, 2.45) is 0 Å². The van der Waals surface area contributed by atoms with Gasteiger partial charge in [0.2, 0.25) is 0 Å². The molecule has 2 N–H and O–H groups in total. The summed E-state index contributed by atoms with van der Waals surface area (Å²) in [5, 5.41) is 6.60. The Morgan fingerprint density at radius 3 is 2.24 bits per heavy atom. The zero-order valence-electron chi connectivity index (χ0n) is 13.1. The van der Waals surface area contributed by atoms with E-state index in [0.29, 0.717) is 6.54 Å². The van der Waals surface area contributed by atoms with Gasteiger partial charge in [-0.25, -0.2) is 9.97 Å². The summed E-state index contributed by atoms with van der Waals surface area (Å²) >= 11 is 0. The molecule has 0 saturated carbocycles. The molecular formula is C17H22N4. The third kappa shape index (κ3) is 3.81. The lowest BCUT2D eigenvalue weighted by Gasteiger charge is -2.14. The molecule has 0 unspecified atom stereocenters. The van der Waals surface area contributed by atoms with Gasteiger partial charge in [-0.15, -0.1) is 6.58 Å². The lowest BCUT2D eigenvalue weighted by molar-refractivity contribution is 1.05. The smallest absolute Gasteiger partial charge is 0.136 e. The number of nitrogens with one attached hydrogen (secondary N) is 2. The molecule has 0 bridgehead atoms. The van der Waals surface area contributed by atoms with Crippen LogP contribution in [0, 0.1) is 27.7 Å². The highest BCUT2D eigenvalue weighted by atomic mass is 15.1. The van der Waals surface area contributed by atoms with Gasteiger partial charge in [-0.3, -0.25) is 0 Å². The molecule has 0 atom stereocenters. The number of hydrogen-bond donors (Lipinski definition) is 2. The summed E-state index contributed by atoms with van der Waals surface area (Å²) in [6.45, 7) is 12.6. The number of aromatic nitrogens is 2. The van der Waals surface area contributed by atoms with Crippen molar-refractivity contribution in [1.29, 1.82) is 0 Å². The van der Waals surface area contributed by atoms with E-state index in [1.54, 1.807) is 6.08 Å². The van der Waals surface area contributed by atoms with Crippen LogP contribution in [0.3, 0.4) is 0 Å². The number of hydrogen-bond acceptors (Lipinski definition) is 4. The largest absolute Gasteiger partial charge is 0.366 e. The molecule has 1 aromatic carbocycles. The second-order valence-electron chi connectivity index (χ2n) is 5.25. The van der Waals surface area contributed by atoms with Gasteiger partial charge in [0.1, 0.15) is 17.5 Å².